The van der Waals surface area contributed by atoms with Crippen molar-refractivity contribution in [3.63, 3.8) is 0 Å². The highest BCUT2D eigenvalue weighted by Gasteiger charge is 2.42. The number of aliphatic carboxylic acids is 1. The number of H-pyrrole nitrogens is 1. The van der Waals surface area contributed by atoms with Crippen molar-refractivity contribution < 1.29 is 29.0 Å². The molecule has 2 aliphatic carbocycles. The van der Waals surface area contributed by atoms with Crippen LogP contribution in [0, 0.1) is 11.8 Å². The molecular weight excluding hydrogens is 572 g/mol. The van der Waals surface area contributed by atoms with E-state index in [4.69, 9.17) is 9.84 Å². The third-order valence-corrected chi connectivity index (χ3v) is 9.13. The molecule has 2 atom stereocenters. The van der Waals surface area contributed by atoms with E-state index in [2.05, 4.69) is 20.9 Å². The first kappa shape index (κ1) is 31.8. The number of rotatable bonds is 12. The Kier molecular flexibility index (Phi) is 10.2. The van der Waals surface area contributed by atoms with E-state index >= 15 is 0 Å². The summed E-state index contributed by atoms with van der Waals surface area (Å²) in [5.41, 5.74) is 1.33. The molecule has 0 unspecified atom stereocenters. The summed E-state index contributed by atoms with van der Waals surface area (Å²) in [6.07, 6.45) is 9.90. The molecule has 2 fully saturated rings. The van der Waals surface area contributed by atoms with E-state index in [1.54, 1.807) is 6.92 Å². The van der Waals surface area contributed by atoms with Crippen LogP contribution in [0.4, 0.5) is 4.79 Å². The van der Waals surface area contributed by atoms with Crippen molar-refractivity contribution in [1.82, 2.24) is 20.9 Å². The standard InChI is InChI=1S/C35H42N4O6/c1-35(20-26-21-36-29-16-6-5-15-28(26)29,39-34(44)45-32-24-11-7-12-25(32)14-8-13-24)33(43)38-27(19-23-9-3-2-4-10-23)22-37-30(40)17-18-31(41)42/h2-6,9-10,15-18,21,24-25,27,32,36H,7-8,11-14,19-20,22H2,1H3,(H,37,40)(H,38,43)(H,39,44)(H,41,42)/t24?,25?,27-,32?,35+/m1/s1. The number of carboxylic acid groups (broad SMARTS) is 1. The average molecular weight is 615 g/mol. The summed E-state index contributed by atoms with van der Waals surface area (Å²) in [6, 6.07) is 16.8. The fraction of sp³-hybridized carbons (Fsp3) is 0.429. The first-order chi connectivity index (χ1) is 21.7. The second-order valence-corrected chi connectivity index (χ2v) is 12.5. The molecule has 0 aliphatic heterocycles. The van der Waals surface area contributed by atoms with Gasteiger partial charge in [0.15, 0.2) is 0 Å². The van der Waals surface area contributed by atoms with Crippen LogP contribution in [0.3, 0.4) is 0 Å². The lowest BCUT2D eigenvalue weighted by atomic mass is 9.70. The highest BCUT2D eigenvalue weighted by atomic mass is 16.6. The Balaban J connectivity index is 1.37. The van der Waals surface area contributed by atoms with Gasteiger partial charge >= 0.3 is 12.1 Å². The Bertz CT molecular complexity index is 1510. The number of fused-ring (bicyclic) bond motifs is 3. The van der Waals surface area contributed by atoms with Crippen LogP contribution in [0.25, 0.3) is 10.9 Å². The highest BCUT2D eigenvalue weighted by Crippen LogP contribution is 2.41. The van der Waals surface area contributed by atoms with Crippen molar-refractivity contribution in [3.8, 4) is 0 Å². The summed E-state index contributed by atoms with van der Waals surface area (Å²) < 4.78 is 6.09. The van der Waals surface area contributed by atoms with Gasteiger partial charge in [0.1, 0.15) is 11.6 Å². The van der Waals surface area contributed by atoms with Crippen LogP contribution in [0.1, 0.15) is 56.6 Å². The van der Waals surface area contributed by atoms with Crippen LogP contribution >= 0.6 is 0 Å². The fourth-order valence-electron chi connectivity index (χ4n) is 6.87. The van der Waals surface area contributed by atoms with E-state index < -0.39 is 35.5 Å². The van der Waals surface area contributed by atoms with E-state index in [1.165, 1.54) is 0 Å². The molecule has 5 rings (SSSR count). The van der Waals surface area contributed by atoms with Crippen molar-refractivity contribution >= 4 is 34.8 Å². The maximum atomic E-state index is 14.2. The van der Waals surface area contributed by atoms with Gasteiger partial charge in [-0.1, -0.05) is 61.4 Å². The van der Waals surface area contributed by atoms with Gasteiger partial charge < -0.3 is 30.8 Å². The molecule has 2 saturated carbocycles. The number of alkyl carbamates (subject to hydrolysis) is 1. The zero-order valence-corrected chi connectivity index (χ0v) is 25.6. The summed E-state index contributed by atoms with van der Waals surface area (Å²) >= 11 is 0. The predicted octanol–water partition coefficient (Wildman–Crippen LogP) is 4.65. The lowest BCUT2D eigenvalue weighted by Gasteiger charge is -2.42. The number of ether oxygens (including phenoxy) is 1. The first-order valence-electron chi connectivity index (χ1n) is 15.8. The third kappa shape index (κ3) is 8.32. The molecule has 0 saturated heterocycles. The number of para-hydroxylation sites is 1. The molecule has 10 nitrogen and oxygen atoms in total. The van der Waals surface area contributed by atoms with Crippen molar-refractivity contribution in [3.05, 3.63) is 84.1 Å². The topological polar surface area (TPSA) is 150 Å². The summed E-state index contributed by atoms with van der Waals surface area (Å²) in [7, 11) is 0. The number of nitrogens with one attached hydrogen (secondary N) is 4. The van der Waals surface area contributed by atoms with Crippen molar-refractivity contribution in [2.24, 2.45) is 11.8 Å². The Labute approximate surface area is 263 Å². The van der Waals surface area contributed by atoms with Gasteiger partial charge in [-0.3, -0.25) is 9.59 Å². The predicted molar refractivity (Wildman–Crippen MR) is 170 cm³/mol. The van der Waals surface area contributed by atoms with Gasteiger partial charge in [-0.05, 0) is 68.1 Å². The maximum Gasteiger partial charge on any atom is 0.408 e. The third-order valence-electron chi connectivity index (χ3n) is 9.13. The quantitative estimate of drug-likeness (QED) is 0.188. The Hall–Kier alpha value is -4.60. The molecule has 2 aliphatic rings. The Morgan fingerprint density at radius 2 is 1.64 bits per heavy atom. The van der Waals surface area contributed by atoms with Crippen molar-refractivity contribution in [2.45, 2.75) is 76.0 Å². The molecule has 1 heterocycles. The molecule has 10 heteroatoms. The van der Waals surface area contributed by atoms with Gasteiger partial charge in [-0.15, -0.1) is 0 Å². The summed E-state index contributed by atoms with van der Waals surface area (Å²) in [5, 5.41) is 18.5. The second kappa shape index (κ2) is 14.5. The Morgan fingerprint density at radius 1 is 0.978 bits per heavy atom. The molecular formula is C35H42N4O6. The van der Waals surface area contributed by atoms with E-state index in [0.29, 0.717) is 18.3 Å². The van der Waals surface area contributed by atoms with Gasteiger partial charge in [-0.25, -0.2) is 9.59 Å². The van der Waals surface area contributed by atoms with Crippen LogP contribution in [0.5, 0.6) is 0 Å². The SMILES string of the molecule is C[C@@](Cc1c[nH]c2ccccc12)(NC(=O)OC1C2CCCC1CCC2)C(=O)N[C@@H](CNC(=O)C=CC(=O)O)Cc1ccccc1. The van der Waals surface area contributed by atoms with E-state index in [1.807, 2.05) is 60.8 Å². The number of hydrogen-bond acceptors (Lipinski definition) is 5. The monoisotopic (exact) mass is 614 g/mol. The smallest absolute Gasteiger partial charge is 0.408 e. The highest BCUT2D eigenvalue weighted by molar-refractivity contribution is 5.94. The minimum absolute atomic E-state index is 0.0441. The van der Waals surface area contributed by atoms with Crippen LogP contribution < -0.4 is 16.0 Å². The maximum absolute atomic E-state index is 14.2. The fourth-order valence-corrected chi connectivity index (χ4v) is 6.87. The molecule has 2 aromatic carbocycles. The molecule has 238 valence electrons. The van der Waals surface area contributed by atoms with E-state index in [-0.39, 0.29) is 19.1 Å². The zero-order chi connectivity index (χ0) is 31.8. The van der Waals surface area contributed by atoms with Gasteiger partial charge in [0.05, 0.1) is 6.04 Å². The summed E-state index contributed by atoms with van der Waals surface area (Å²) in [4.78, 5) is 54.1. The number of carbonyl (C=O) groups excluding carboxylic acids is 3. The van der Waals surface area contributed by atoms with Gasteiger partial charge in [0.25, 0.3) is 0 Å². The molecule has 2 bridgehead atoms. The molecule has 45 heavy (non-hydrogen) atoms. The number of hydrogen-bond donors (Lipinski definition) is 5. The molecule has 3 amide bonds. The lowest BCUT2D eigenvalue weighted by Crippen LogP contribution is -2.61. The van der Waals surface area contributed by atoms with Crippen LogP contribution in [-0.4, -0.2) is 58.2 Å². The average Bonchev–Trinajstić information content (AvgIpc) is 3.41. The molecule has 3 aromatic rings. The van der Waals surface area contributed by atoms with Gasteiger partial charge in [-0.2, -0.15) is 0 Å². The minimum Gasteiger partial charge on any atom is -0.478 e. The number of aromatic nitrogens is 1. The lowest BCUT2D eigenvalue weighted by molar-refractivity contribution is -0.131. The van der Waals surface area contributed by atoms with Crippen molar-refractivity contribution in [2.75, 3.05) is 6.54 Å². The molecule has 1 aromatic heterocycles. The largest absolute Gasteiger partial charge is 0.478 e. The number of benzene rings is 2. The normalized spacial score (nSPS) is 21.4. The van der Waals surface area contributed by atoms with Crippen molar-refractivity contribution in [1.29, 1.82) is 0 Å². The van der Waals surface area contributed by atoms with Crippen LogP contribution in [0.15, 0.2) is 72.9 Å². The van der Waals surface area contributed by atoms with Gasteiger partial charge in [0.2, 0.25) is 11.8 Å². The minimum atomic E-state index is -1.39. The van der Waals surface area contributed by atoms with Crippen LogP contribution in [0.2, 0.25) is 0 Å². The summed E-state index contributed by atoms with van der Waals surface area (Å²) in [6.45, 7) is 1.74. The second-order valence-electron chi connectivity index (χ2n) is 12.5. The van der Waals surface area contributed by atoms with Gasteiger partial charge in [0, 0.05) is 42.2 Å². The number of amides is 3. The first-order valence-corrected chi connectivity index (χ1v) is 15.8. The Morgan fingerprint density at radius 3 is 2.33 bits per heavy atom. The number of aromatic amines is 1. The molecule has 5 N–H and O–H groups in total. The summed E-state index contributed by atoms with van der Waals surface area (Å²) in [5.74, 6) is -1.55. The van der Waals surface area contributed by atoms with E-state index in [0.717, 1.165) is 72.7 Å². The molecule has 0 radical (unpaired) electrons. The molecule has 0 spiro atoms. The number of carboxylic acids is 1. The van der Waals surface area contributed by atoms with E-state index in [9.17, 15) is 19.2 Å². The zero-order valence-electron chi connectivity index (χ0n) is 25.6. The number of carbonyl (C=O) groups is 4. The van der Waals surface area contributed by atoms with Crippen LogP contribution in [-0.2, 0) is 32.0 Å².